The topological polar surface area (TPSA) is 59.8 Å². The van der Waals surface area contributed by atoms with Gasteiger partial charge in [0.2, 0.25) is 5.91 Å². The lowest BCUT2D eigenvalue weighted by Crippen LogP contribution is -2.34. The third-order valence-corrected chi connectivity index (χ3v) is 5.49. The predicted octanol–water partition coefficient (Wildman–Crippen LogP) is 5.14. The van der Waals surface area contributed by atoms with E-state index in [1.807, 2.05) is 65.3 Å². The molecule has 0 atom stereocenters. The number of aryl methyl sites for hydroxylation is 1. The van der Waals surface area contributed by atoms with Crippen LogP contribution in [0.5, 0.6) is 0 Å². The fourth-order valence-corrected chi connectivity index (χ4v) is 3.80. The minimum Gasteiger partial charge on any atom is -0.346 e. The van der Waals surface area contributed by atoms with Gasteiger partial charge in [0.25, 0.3) is 0 Å². The maximum Gasteiger partial charge on any atom is 0.405 e. The molecule has 0 spiro atoms. The molecule has 0 aliphatic heterocycles. The molecule has 31 heavy (non-hydrogen) atoms. The highest BCUT2D eigenvalue weighted by atomic mass is 32.2. The molecule has 164 valence electrons. The summed E-state index contributed by atoms with van der Waals surface area (Å²) < 4.78 is 38.9. The maximum absolute atomic E-state index is 12.4. The third-order valence-electron chi connectivity index (χ3n) is 4.56. The number of carbonyl (C=O) groups is 1. The summed E-state index contributed by atoms with van der Waals surface area (Å²) in [5.41, 5.74) is 3.90. The van der Waals surface area contributed by atoms with Crippen LogP contribution in [0, 0.1) is 6.92 Å². The summed E-state index contributed by atoms with van der Waals surface area (Å²) in [6.07, 6.45) is -4.45. The lowest BCUT2D eigenvalue weighted by atomic mass is 10.0. The van der Waals surface area contributed by atoms with Crippen LogP contribution < -0.4 is 5.32 Å². The Hall–Kier alpha value is -2.81. The maximum atomic E-state index is 12.4. The van der Waals surface area contributed by atoms with Crippen LogP contribution in [0.4, 0.5) is 13.2 Å². The van der Waals surface area contributed by atoms with Crippen LogP contribution in [-0.2, 0) is 4.79 Å². The summed E-state index contributed by atoms with van der Waals surface area (Å²) in [7, 11) is 0. The molecular weight excluding hydrogens is 425 g/mol. The summed E-state index contributed by atoms with van der Waals surface area (Å²) in [4.78, 5) is 11.9. The standard InChI is InChI=1S/C22H23F3N4OS/c1-14(2)17-6-4-5-7-18(17)29-20(16-10-8-15(3)9-11-16)27-28-21(29)31-12-19(30)26-13-22(23,24)25/h4-11,14H,12-13H2,1-3H3,(H,26,30). The van der Waals surface area contributed by atoms with Gasteiger partial charge in [-0.15, -0.1) is 10.2 Å². The van der Waals surface area contributed by atoms with Gasteiger partial charge in [-0.3, -0.25) is 9.36 Å². The Labute approximate surface area is 183 Å². The van der Waals surface area contributed by atoms with Gasteiger partial charge in [-0.25, -0.2) is 0 Å². The number of amides is 1. The largest absolute Gasteiger partial charge is 0.405 e. The van der Waals surface area contributed by atoms with E-state index in [4.69, 9.17) is 0 Å². The zero-order valence-corrected chi connectivity index (χ0v) is 18.2. The van der Waals surface area contributed by atoms with E-state index >= 15 is 0 Å². The van der Waals surface area contributed by atoms with Crippen molar-refractivity contribution in [1.82, 2.24) is 20.1 Å². The molecule has 0 aliphatic carbocycles. The minimum absolute atomic E-state index is 0.202. The average molecular weight is 449 g/mol. The number of thioether (sulfide) groups is 1. The molecule has 1 heterocycles. The Bertz CT molecular complexity index is 1050. The van der Waals surface area contributed by atoms with Gasteiger partial charge in [0, 0.05) is 5.56 Å². The average Bonchev–Trinajstić information content (AvgIpc) is 3.14. The number of hydrogen-bond donors (Lipinski definition) is 1. The first-order chi connectivity index (χ1) is 14.7. The van der Waals surface area contributed by atoms with Crippen LogP contribution in [0.2, 0.25) is 0 Å². The number of aromatic nitrogens is 3. The van der Waals surface area contributed by atoms with E-state index in [9.17, 15) is 18.0 Å². The Morgan fingerprint density at radius 1 is 1.10 bits per heavy atom. The number of carbonyl (C=O) groups excluding carboxylic acids is 1. The minimum atomic E-state index is -4.45. The second-order valence-corrected chi connectivity index (χ2v) is 8.34. The molecular formula is C22H23F3N4OS. The monoisotopic (exact) mass is 448 g/mol. The van der Waals surface area contributed by atoms with Crippen LogP contribution in [0.15, 0.2) is 53.7 Å². The van der Waals surface area contributed by atoms with Gasteiger partial charge >= 0.3 is 6.18 Å². The molecule has 0 fully saturated rings. The zero-order valence-electron chi connectivity index (χ0n) is 17.4. The van der Waals surface area contributed by atoms with E-state index in [1.165, 1.54) is 0 Å². The number of alkyl halides is 3. The first-order valence-electron chi connectivity index (χ1n) is 9.73. The van der Waals surface area contributed by atoms with Crippen molar-refractivity contribution in [3.8, 4) is 17.1 Å². The Morgan fingerprint density at radius 3 is 2.42 bits per heavy atom. The van der Waals surface area contributed by atoms with Crippen molar-refractivity contribution in [3.05, 3.63) is 59.7 Å². The van der Waals surface area contributed by atoms with Crippen molar-refractivity contribution in [3.63, 3.8) is 0 Å². The molecule has 0 radical (unpaired) electrons. The van der Waals surface area contributed by atoms with Crippen molar-refractivity contribution in [2.45, 2.75) is 38.0 Å². The first-order valence-corrected chi connectivity index (χ1v) is 10.7. The third kappa shape index (κ3) is 5.88. The highest BCUT2D eigenvalue weighted by Crippen LogP contribution is 2.32. The van der Waals surface area contributed by atoms with Crippen LogP contribution in [0.25, 0.3) is 17.1 Å². The summed E-state index contributed by atoms with van der Waals surface area (Å²) in [6, 6.07) is 15.7. The smallest absolute Gasteiger partial charge is 0.346 e. The molecule has 0 unspecified atom stereocenters. The van der Waals surface area contributed by atoms with Gasteiger partial charge in [-0.05, 0) is 24.5 Å². The molecule has 9 heteroatoms. The number of benzene rings is 2. The molecule has 2 aromatic carbocycles. The van der Waals surface area contributed by atoms with Crippen LogP contribution in [0.1, 0.15) is 30.9 Å². The number of para-hydroxylation sites is 1. The molecule has 0 aliphatic rings. The predicted molar refractivity (Wildman–Crippen MR) is 115 cm³/mol. The Morgan fingerprint density at radius 2 is 1.77 bits per heavy atom. The zero-order chi connectivity index (χ0) is 22.6. The van der Waals surface area contributed by atoms with Gasteiger partial charge in [0.1, 0.15) is 6.54 Å². The Balaban J connectivity index is 1.97. The number of halogens is 3. The van der Waals surface area contributed by atoms with Gasteiger partial charge in [0.15, 0.2) is 11.0 Å². The van der Waals surface area contributed by atoms with E-state index in [1.54, 1.807) is 0 Å². The molecule has 0 saturated heterocycles. The van der Waals surface area contributed by atoms with Gasteiger partial charge in [-0.1, -0.05) is 73.6 Å². The van der Waals surface area contributed by atoms with Gasteiger partial charge < -0.3 is 5.32 Å². The van der Waals surface area contributed by atoms with Crippen LogP contribution in [-0.4, -0.2) is 39.1 Å². The van der Waals surface area contributed by atoms with Crippen molar-refractivity contribution in [2.24, 2.45) is 0 Å². The second kappa shape index (κ2) is 9.55. The fraction of sp³-hybridized carbons (Fsp3) is 0.318. The summed E-state index contributed by atoms with van der Waals surface area (Å²) in [6.45, 7) is 4.78. The van der Waals surface area contributed by atoms with E-state index in [0.29, 0.717) is 11.0 Å². The highest BCUT2D eigenvalue weighted by molar-refractivity contribution is 7.99. The number of nitrogens with one attached hydrogen (secondary N) is 1. The van der Waals surface area contributed by atoms with Crippen molar-refractivity contribution in [2.75, 3.05) is 12.3 Å². The van der Waals surface area contributed by atoms with Crippen LogP contribution >= 0.6 is 11.8 Å². The van der Waals surface area contributed by atoms with Crippen molar-refractivity contribution >= 4 is 17.7 Å². The first kappa shape index (κ1) is 22.9. The highest BCUT2D eigenvalue weighted by Gasteiger charge is 2.28. The number of rotatable bonds is 7. The fourth-order valence-electron chi connectivity index (χ4n) is 3.03. The van der Waals surface area contributed by atoms with E-state index in [2.05, 4.69) is 24.0 Å². The quantitative estimate of drug-likeness (QED) is 0.509. The normalized spacial score (nSPS) is 11.7. The van der Waals surface area contributed by atoms with Crippen LogP contribution in [0.3, 0.4) is 0 Å². The van der Waals surface area contributed by atoms with Crippen molar-refractivity contribution < 1.29 is 18.0 Å². The Kier molecular flexibility index (Phi) is 7.04. The second-order valence-electron chi connectivity index (χ2n) is 7.40. The molecule has 1 aromatic heterocycles. The number of hydrogen-bond acceptors (Lipinski definition) is 4. The molecule has 0 saturated carbocycles. The molecule has 3 aromatic rings. The van der Waals surface area contributed by atoms with E-state index in [0.717, 1.165) is 34.1 Å². The summed E-state index contributed by atoms with van der Waals surface area (Å²) in [5.74, 6) is -0.0963. The van der Waals surface area contributed by atoms with Gasteiger partial charge in [0.05, 0.1) is 11.4 Å². The lowest BCUT2D eigenvalue weighted by Gasteiger charge is -2.17. The molecule has 1 N–H and O–H groups in total. The lowest BCUT2D eigenvalue weighted by molar-refractivity contribution is -0.136. The van der Waals surface area contributed by atoms with E-state index in [-0.39, 0.29) is 11.7 Å². The molecule has 1 amide bonds. The number of nitrogens with zero attached hydrogens (tertiary/aromatic N) is 3. The SMILES string of the molecule is Cc1ccc(-c2nnc(SCC(=O)NCC(F)(F)F)n2-c2ccccc2C(C)C)cc1. The molecule has 5 nitrogen and oxygen atoms in total. The van der Waals surface area contributed by atoms with Gasteiger partial charge in [-0.2, -0.15) is 13.2 Å². The van der Waals surface area contributed by atoms with Crippen molar-refractivity contribution in [1.29, 1.82) is 0 Å². The molecule has 3 rings (SSSR count). The molecule has 0 bridgehead atoms. The summed E-state index contributed by atoms with van der Waals surface area (Å²) in [5, 5.41) is 10.9. The van der Waals surface area contributed by atoms with E-state index < -0.39 is 18.6 Å². The summed E-state index contributed by atoms with van der Waals surface area (Å²) >= 11 is 1.05.